The number of carbonyl (C=O) groups is 1. The summed E-state index contributed by atoms with van der Waals surface area (Å²) >= 11 is 0. The summed E-state index contributed by atoms with van der Waals surface area (Å²) in [4.78, 5) is 17.2. The first-order chi connectivity index (χ1) is 15.9. The Morgan fingerprint density at radius 1 is 1.00 bits per heavy atom. The predicted molar refractivity (Wildman–Crippen MR) is 129 cm³/mol. The molecule has 0 aromatic heterocycles. The van der Waals surface area contributed by atoms with Crippen molar-refractivity contribution in [1.82, 2.24) is 9.62 Å². The smallest absolute Gasteiger partial charge is 0.240 e. The van der Waals surface area contributed by atoms with Crippen LogP contribution in [0.25, 0.3) is 0 Å². The lowest BCUT2D eigenvalue weighted by molar-refractivity contribution is -0.116. The van der Waals surface area contributed by atoms with Gasteiger partial charge in [0.2, 0.25) is 15.9 Å². The van der Waals surface area contributed by atoms with Crippen molar-refractivity contribution in [3.8, 4) is 11.5 Å². The zero-order valence-corrected chi connectivity index (χ0v) is 20.2. The number of likely N-dealkylation sites (N-methyl/N-ethyl adjacent to an activating group) is 1. The average Bonchev–Trinajstić information content (AvgIpc) is 2.83. The van der Waals surface area contributed by atoms with E-state index in [1.807, 2.05) is 24.3 Å². The highest BCUT2D eigenvalue weighted by Gasteiger charge is 2.20. The van der Waals surface area contributed by atoms with E-state index < -0.39 is 10.0 Å². The zero-order chi connectivity index (χ0) is 23.8. The molecule has 0 atom stereocenters. The van der Waals surface area contributed by atoms with Crippen LogP contribution in [-0.4, -0.2) is 72.7 Å². The molecular weight excluding hydrogens is 444 g/mol. The molecule has 1 saturated heterocycles. The van der Waals surface area contributed by atoms with Crippen molar-refractivity contribution in [1.29, 1.82) is 0 Å². The van der Waals surface area contributed by atoms with Gasteiger partial charge in [0.05, 0.1) is 30.5 Å². The maximum absolute atomic E-state index is 12.6. The van der Waals surface area contributed by atoms with Crippen molar-refractivity contribution in [2.45, 2.75) is 18.2 Å². The van der Waals surface area contributed by atoms with Gasteiger partial charge >= 0.3 is 0 Å². The number of nitrogens with one attached hydrogen (secondary N) is 2. The third-order valence-corrected chi connectivity index (χ3v) is 7.11. The molecule has 33 heavy (non-hydrogen) atoms. The van der Waals surface area contributed by atoms with Crippen LogP contribution in [-0.2, 0) is 14.8 Å². The molecule has 0 bridgehead atoms. The van der Waals surface area contributed by atoms with Crippen LogP contribution in [0.15, 0.2) is 47.4 Å². The van der Waals surface area contributed by atoms with Gasteiger partial charge in [-0.05, 0) is 30.8 Å². The summed E-state index contributed by atoms with van der Waals surface area (Å²) in [5.41, 5.74) is 1.71. The summed E-state index contributed by atoms with van der Waals surface area (Å²) in [6.45, 7) is 6.92. The average molecular weight is 477 g/mol. The summed E-state index contributed by atoms with van der Waals surface area (Å²) < 4.78 is 38.0. The van der Waals surface area contributed by atoms with Crippen molar-refractivity contribution in [3.63, 3.8) is 0 Å². The molecule has 0 unspecified atom stereocenters. The summed E-state index contributed by atoms with van der Waals surface area (Å²) in [6, 6.07) is 12.0. The highest BCUT2D eigenvalue weighted by Crippen LogP contribution is 2.29. The number of carbonyl (C=O) groups excluding carboxylic acids is 1. The highest BCUT2D eigenvalue weighted by molar-refractivity contribution is 7.89. The maximum Gasteiger partial charge on any atom is 0.240 e. The Bertz CT molecular complexity index is 1050. The van der Waals surface area contributed by atoms with E-state index >= 15 is 0 Å². The quantitative estimate of drug-likeness (QED) is 0.542. The van der Waals surface area contributed by atoms with Gasteiger partial charge in [0.25, 0.3) is 0 Å². The first-order valence-electron chi connectivity index (χ1n) is 11.0. The minimum atomic E-state index is -3.80. The van der Waals surface area contributed by atoms with Crippen LogP contribution in [0.1, 0.15) is 13.3 Å². The highest BCUT2D eigenvalue weighted by atomic mass is 32.2. The fourth-order valence-electron chi connectivity index (χ4n) is 3.74. The Balaban J connectivity index is 1.57. The van der Waals surface area contributed by atoms with Crippen LogP contribution in [0.5, 0.6) is 11.5 Å². The molecule has 2 N–H and O–H groups in total. The third-order valence-electron chi connectivity index (χ3n) is 5.65. The molecular formula is C23H32N4O5S. The van der Waals surface area contributed by atoms with Gasteiger partial charge in [-0.1, -0.05) is 19.1 Å². The summed E-state index contributed by atoms with van der Waals surface area (Å²) in [6.07, 6.45) is 0.00443. The molecule has 1 aliphatic heterocycles. The number of sulfonamides is 1. The molecule has 0 saturated carbocycles. The summed E-state index contributed by atoms with van der Waals surface area (Å²) in [5.74, 6) is 0.491. The molecule has 1 amide bonds. The number of hydrogen-bond acceptors (Lipinski definition) is 7. The Labute approximate surface area is 195 Å². The summed E-state index contributed by atoms with van der Waals surface area (Å²) in [5, 5.41) is 2.93. The van der Waals surface area contributed by atoms with Crippen LogP contribution in [0.3, 0.4) is 0 Å². The van der Waals surface area contributed by atoms with Crippen molar-refractivity contribution < 1.29 is 22.7 Å². The van der Waals surface area contributed by atoms with Crippen LogP contribution >= 0.6 is 0 Å². The van der Waals surface area contributed by atoms with E-state index in [4.69, 9.17) is 9.47 Å². The number of para-hydroxylation sites is 2. The van der Waals surface area contributed by atoms with Crippen LogP contribution in [0.4, 0.5) is 11.4 Å². The standard InChI is InChI=1S/C23H32N4O5S/c1-4-26-13-15-27(16-14-26)20-8-6-5-7-19(20)25-23(28)11-12-24-33(29,30)18-9-10-21(31-2)22(17-18)32-3/h5-10,17,24H,4,11-16H2,1-3H3,(H,25,28). The maximum atomic E-state index is 12.6. The molecule has 0 radical (unpaired) electrons. The van der Waals surface area contributed by atoms with Gasteiger partial charge in [0.15, 0.2) is 11.5 Å². The van der Waals surface area contributed by atoms with E-state index in [1.54, 1.807) is 0 Å². The monoisotopic (exact) mass is 476 g/mol. The molecule has 10 heteroatoms. The fourth-order valence-corrected chi connectivity index (χ4v) is 4.79. The molecule has 0 aliphatic carbocycles. The Morgan fingerprint density at radius 2 is 1.70 bits per heavy atom. The van der Waals surface area contributed by atoms with E-state index in [1.165, 1.54) is 32.4 Å². The van der Waals surface area contributed by atoms with Gasteiger partial charge in [-0.3, -0.25) is 4.79 Å². The lowest BCUT2D eigenvalue weighted by Crippen LogP contribution is -2.46. The molecule has 2 aromatic carbocycles. The van der Waals surface area contributed by atoms with Gasteiger partial charge in [-0.25, -0.2) is 13.1 Å². The summed E-state index contributed by atoms with van der Waals surface area (Å²) in [7, 11) is -0.882. The number of hydrogen-bond donors (Lipinski definition) is 2. The van der Waals surface area contributed by atoms with Gasteiger partial charge in [-0.15, -0.1) is 0 Å². The second-order valence-electron chi connectivity index (χ2n) is 7.65. The molecule has 1 aliphatic rings. The van der Waals surface area contributed by atoms with Crippen molar-refractivity contribution >= 4 is 27.3 Å². The van der Waals surface area contributed by atoms with Gasteiger partial charge in [0, 0.05) is 45.2 Å². The minimum Gasteiger partial charge on any atom is -0.493 e. The molecule has 3 rings (SSSR count). The van der Waals surface area contributed by atoms with Gasteiger partial charge < -0.3 is 24.6 Å². The predicted octanol–water partition coefficient (Wildman–Crippen LogP) is 2.15. The molecule has 180 valence electrons. The lowest BCUT2D eigenvalue weighted by Gasteiger charge is -2.36. The van der Waals surface area contributed by atoms with Gasteiger partial charge in [0.1, 0.15) is 0 Å². The lowest BCUT2D eigenvalue weighted by atomic mass is 10.2. The van der Waals surface area contributed by atoms with Crippen molar-refractivity contribution in [2.24, 2.45) is 0 Å². The van der Waals surface area contributed by atoms with E-state index in [9.17, 15) is 13.2 Å². The number of ether oxygens (including phenoxy) is 2. The molecule has 9 nitrogen and oxygen atoms in total. The van der Waals surface area contributed by atoms with Crippen LogP contribution in [0, 0.1) is 0 Å². The number of anilines is 2. The minimum absolute atomic E-state index is 0.00443. The van der Waals surface area contributed by atoms with Crippen molar-refractivity contribution in [2.75, 3.05) is 63.7 Å². The number of amides is 1. The number of benzene rings is 2. The molecule has 2 aromatic rings. The first-order valence-corrected chi connectivity index (χ1v) is 12.4. The van der Waals surface area contributed by atoms with Crippen molar-refractivity contribution in [3.05, 3.63) is 42.5 Å². The van der Waals surface area contributed by atoms with E-state index in [2.05, 4.69) is 26.8 Å². The number of rotatable bonds is 10. The number of piperazine rings is 1. The fraction of sp³-hybridized carbons (Fsp3) is 0.435. The van der Waals surface area contributed by atoms with Gasteiger partial charge in [-0.2, -0.15) is 0 Å². The largest absolute Gasteiger partial charge is 0.493 e. The first kappa shape index (κ1) is 24.8. The number of methoxy groups -OCH3 is 2. The SMILES string of the molecule is CCN1CCN(c2ccccc2NC(=O)CCNS(=O)(=O)c2ccc(OC)c(OC)c2)CC1. The van der Waals surface area contributed by atoms with E-state index in [0.717, 1.165) is 44.1 Å². The molecule has 1 fully saturated rings. The Kier molecular flexibility index (Phi) is 8.54. The van der Waals surface area contributed by atoms with Crippen LogP contribution in [0.2, 0.25) is 0 Å². The third kappa shape index (κ3) is 6.37. The zero-order valence-electron chi connectivity index (χ0n) is 19.3. The van der Waals surface area contributed by atoms with E-state index in [0.29, 0.717) is 11.5 Å². The van der Waals surface area contributed by atoms with E-state index in [-0.39, 0.29) is 23.8 Å². The normalized spacial score (nSPS) is 14.7. The van der Waals surface area contributed by atoms with Crippen LogP contribution < -0.4 is 24.4 Å². The second kappa shape index (κ2) is 11.4. The molecule has 1 heterocycles. The number of nitrogens with zero attached hydrogens (tertiary/aromatic N) is 2. The Morgan fingerprint density at radius 3 is 2.36 bits per heavy atom. The topological polar surface area (TPSA) is 100 Å². The molecule has 0 spiro atoms. The Hall–Kier alpha value is -2.82. The second-order valence-corrected chi connectivity index (χ2v) is 9.42.